The van der Waals surface area contributed by atoms with E-state index in [1.807, 2.05) is 29.2 Å². The standard InChI is InChI=1S/C15H20N2O2/c1-2-7-17(8-9-18)11-15(19)13-10-16-14-6-4-3-5-12(13)14/h3-6,10,16,18H,2,7-9,11H2,1H3. The summed E-state index contributed by atoms with van der Waals surface area (Å²) >= 11 is 0. The molecular weight excluding hydrogens is 240 g/mol. The van der Waals surface area contributed by atoms with Gasteiger partial charge in [-0.15, -0.1) is 0 Å². The van der Waals surface area contributed by atoms with Crippen molar-refractivity contribution in [3.8, 4) is 0 Å². The Morgan fingerprint density at radius 3 is 2.84 bits per heavy atom. The number of hydrogen-bond acceptors (Lipinski definition) is 3. The third-order valence-electron chi connectivity index (χ3n) is 3.21. The van der Waals surface area contributed by atoms with Crippen LogP contribution in [0.5, 0.6) is 0 Å². The van der Waals surface area contributed by atoms with E-state index in [0.717, 1.165) is 29.4 Å². The lowest BCUT2D eigenvalue weighted by atomic mass is 10.1. The normalized spacial score (nSPS) is 11.3. The summed E-state index contributed by atoms with van der Waals surface area (Å²) in [6.07, 6.45) is 2.75. The maximum Gasteiger partial charge on any atom is 0.178 e. The van der Waals surface area contributed by atoms with Gasteiger partial charge in [-0.3, -0.25) is 9.69 Å². The molecule has 0 atom stereocenters. The van der Waals surface area contributed by atoms with E-state index in [1.165, 1.54) is 0 Å². The van der Waals surface area contributed by atoms with Gasteiger partial charge in [0.1, 0.15) is 0 Å². The van der Waals surface area contributed by atoms with Crippen LogP contribution in [0.15, 0.2) is 30.5 Å². The molecule has 1 aromatic carbocycles. The molecule has 0 bridgehead atoms. The van der Waals surface area contributed by atoms with Gasteiger partial charge in [-0.25, -0.2) is 0 Å². The van der Waals surface area contributed by atoms with Gasteiger partial charge in [-0.1, -0.05) is 25.1 Å². The molecule has 102 valence electrons. The van der Waals surface area contributed by atoms with Crippen LogP contribution in [-0.2, 0) is 0 Å². The number of aromatic amines is 1. The van der Waals surface area contributed by atoms with Gasteiger partial charge >= 0.3 is 0 Å². The van der Waals surface area contributed by atoms with Gasteiger partial charge in [0.05, 0.1) is 13.2 Å². The Bertz CT molecular complexity index is 542. The lowest BCUT2D eigenvalue weighted by Gasteiger charge is -2.19. The Balaban J connectivity index is 2.14. The molecule has 1 heterocycles. The second-order valence-electron chi connectivity index (χ2n) is 4.67. The Morgan fingerprint density at radius 2 is 2.11 bits per heavy atom. The molecule has 2 N–H and O–H groups in total. The molecule has 0 radical (unpaired) electrons. The van der Waals surface area contributed by atoms with Crippen molar-refractivity contribution in [2.24, 2.45) is 0 Å². The quantitative estimate of drug-likeness (QED) is 0.749. The van der Waals surface area contributed by atoms with E-state index in [4.69, 9.17) is 5.11 Å². The molecule has 2 rings (SSSR count). The lowest BCUT2D eigenvalue weighted by molar-refractivity contribution is 0.0916. The van der Waals surface area contributed by atoms with Crippen LogP contribution in [0.3, 0.4) is 0 Å². The molecule has 0 aliphatic carbocycles. The molecule has 0 aliphatic heterocycles. The Kier molecular flexibility index (Phi) is 4.71. The largest absolute Gasteiger partial charge is 0.395 e. The first-order valence-corrected chi connectivity index (χ1v) is 6.68. The van der Waals surface area contributed by atoms with Crippen LogP contribution < -0.4 is 0 Å². The van der Waals surface area contributed by atoms with Crippen molar-refractivity contribution in [2.45, 2.75) is 13.3 Å². The fraction of sp³-hybridized carbons (Fsp3) is 0.400. The zero-order valence-corrected chi connectivity index (χ0v) is 11.2. The van der Waals surface area contributed by atoms with Crippen molar-refractivity contribution >= 4 is 16.7 Å². The summed E-state index contributed by atoms with van der Waals surface area (Å²) in [5, 5.41) is 9.99. The van der Waals surface area contributed by atoms with E-state index in [-0.39, 0.29) is 12.4 Å². The van der Waals surface area contributed by atoms with Crippen molar-refractivity contribution in [1.29, 1.82) is 0 Å². The predicted octanol–water partition coefficient (Wildman–Crippen LogP) is 2.05. The average molecular weight is 260 g/mol. The van der Waals surface area contributed by atoms with Crippen molar-refractivity contribution in [1.82, 2.24) is 9.88 Å². The van der Waals surface area contributed by atoms with Crippen molar-refractivity contribution in [2.75, 3.05) is 26.2 Å². The molecule has 0 saturated carbocycles. The number of aromatic nitrogens is 1. The number of nitrogens with one attached hydrogen (secondary N) is 1. The maximum absolute atomic E-state index is 12.3. The van der Waals surface area contributed by atoms with E-state index in [0.29, 0.717) is 13.1 Å². The van der Waals surface area contributed by atoms with Gasteiger partial charge in [0.2, 0.25) is 0 Å². The van der Waals surface area contributed by atoms with Gasteiger partial charge in [-0.05, 0) is 19.0 Å². The minimum atomic E-state index is 0.0845. The van der Waals surface area contributed by atoms with Crippen LogP contribution in [0, 0.1) is 0 Å². The topological polar surface area (TPSA) is 56.3 Å². The highest BCUT2D eigenvalue weighted by molar-refractivity contribution is 6.08. The number of benzene rings is 1. The summed E-state index contributed by atoms with van der Waals surface area (Å²) in [5.41, 5.74) is 1.71. The molecule has 0 aliphatic rings. The molecule has 2 aromatic rings. The van der Waals surface area contributed by atoms with Crippen LogP contribution in [0.25, 0.3) is 10.9 Å². The summed E-state index contributed by atoms with van der Waals surface area (Å²) in [6, 6.07) is 7.80. The number of Topliss-reactive ketones (excluding diaryl/α,β-unsaturated/α-hetero) is 1. The third-order valence-corrected chi connectivity index (χ3v) is 3.21. The molecule has 0 fully saturated rings. The number of rotatable bonds is 7. The van der Waals surface area contributed by atoms with Crippen LogP contribution in [0.4, 0.5) is 0 Å². The zero-order chi connectivity index (χ0) is 13.7. The monoisotopic (exact) mass is 260 g/mol. The minimum Gasteiger partial charge on any atom is -0.395 e. The zero-order valence-electron chi connectivity index (χ0n) is 11.2. The lowest BCUT2D eigenvalue weighted by Crippen LogP contribution is -2.33. The number of fused-ring (bicyclic) bond motifs is 1. The Morgan fingerprint density at radius 1 is 1.32 bits per heavy atom. The van der Waals surface area contributed by atoms with E-state index >= 15 is 0 Å². The van der Waals surface area contributed by atoms with Crippen LogP contribution in [0.2, 0.25) is 0 Å². The number of carbonyl (C=O) groups is 1. The van der Waals surface area contributed by atoms with Gasteiger partial charge in [0.15, 0.2) is 5.78 Å². The first-order valence-electron chi connectivity index (χ1n) is 6.68. The van der Waals surface area contributed by atoms with E-state index in [1.54, 1.807) is 6.20 Å². The number of aliphatic hydroxyl groups excluding tert-OH is 1. The Hall–Kier alpha value is -1.65. The molecular formula is C15H20N2O2. The van der Waals surface area contributed by atoms with Crippen molar-refractivity contribution < 1.29 is 9.90 Å². The number of nitrogens with zero attached hydrogens (tertiary/aromatic N) is 1. The highest BCUT2D eigenvalue weighted by Crippen LogP contribution is 2.18. The first-order chi connectivity index (χ1) is 9.26. The maximum atomic E-state index is 12.3. The van der Waals surface area contributed by atoms with E-state index in [2.05, 4.69) is 11.9 Å². The summed E-state index contributed by atoms with van der Waals surface area (Å²) in [7, 11) is 0. The van der Waals surface area contributed by atoms with Crippen LogP contribution >= 0.6 is 0 Å². The molecule has 1 aromatic heterocycles. The number of para-hydroxylation sites is 1. The Labute approximate surface area is 113 Å². The number of ketones is 1. The number of H-pyrrole nitrogens is 1. The van der Waals surface area contributed by atoms with Gasteiger partial charge < -0.3 is 10.1 Å². The third kappa shape index (κ3) is 3.22. The van der Waals surface area contributed by atoms with Crippen molar-refractivity contribution in [3.05, 3.63) is 36.0 Å². The summed E-state index contributed by atoms with van der Waals surface area (Å²) in [5.74, 6) is 0.0966. The molecule has 19 heavy (non-hydrogen) atoms. The molecule has 0 unspecified atom stereocenters. The second-order valence-corrected chi connectivity index (χ2v) is 4.67. The van der Waals surface area contributed by atoms with E-state index < -0.39 is 0 Å². The molecule has 0 amide bonds. The fourth-order valence-corrected chi connectivity index (χ4v) is 2.32. The number of aliphatic hydroxyl groups is 1. The summed E-state index contributed by atoms with van der Waals surface area (Å²) < 4.78 is 0. The van der Waals surface area contributed by atoms with Crippen LogP contribution in [0.1, 0.15) is 23.7 Å². The van der Waals surface area contributed by atoms with Crippen LogP contribution in [-0.4, -0.2) is 47.0 Å². The number of hydrogen-bond donors (Lipinski definition) is 2. The van der Waals surface area contributed by atoms with Crippen molar-refractivity contribution in [3.63, 3.8) is 0 Å². The summed E-state index contributed by atoms with van der Waals surface area (Å²) in [6.45, 7) is 3.88. The smallest absolute Gasteiger partial charge is 0.178 e. The van der Waals surface area contributed by atoms with Gasteiger partial charge in [-0.2, -0.15) is 0 Å². The highest BCUT2D eigenvalue weighted by Gasteiger charge is 2.15. The molecule has 0 saturated heterocycles. The molecule has 0 spiro atoms. The van der Waals surface area contributed by atoms with E-state index in [9.17, 15) is 4.79 Å². The highest BCUT2D eigenvalue weighted by atomic mass is 16.3. The first kappa shape index (κ1) is 13.8. The number of carbonyl (C=O) groups excluding carboxylic acids is 1. The molecule has 4 heteroatoms. The van der Waals surface area contributed by atoms with Gasteiger partial charge in [0.25, 0.3) is 0 Å². The second kappa shape index (κ2) is 6.50. The van der Waals surface area contributed by atoms with Gasteiger partial charge in [0, 0.05) is 29.2 Å². The molecule has 4 nitrogen and oxygen atoms in total. The summed E-state index contributed by atoms with van der Waals surface area (Å²) in [4.78, 5) is 17.4. The minimum absolute atomic E-state index is 0.0845. The fourth-order valence-electron chi connectivity index (χ4n) is 2.32. The SMILES string of the molecule is CCCN(CCO)CC(=O)c1c[nH]c2ccccc12. The average Bonchev–Trinajstić information content (AvgIpc) is 2.83. The predicted molar refractivity (Wildman–Crippen MR) is 76.4 cm³/mol.